The van der Waals surface area contributed by atoms with E-state index in [4.69, 9.17) is 14.2 Å². The minimum absolute atomic E-state index is 0.178. The van der Waals surface area contributed by atoms with Crippen LogP contribution in [0.4, 0.5) is 5.69 Å². The number of benzene rings is 4. The van der Waals surface area contributed by atoms with Crippen LogP contribution < -0.4 is 14.4 Å². The van der Waals surface area contributed by atoms with Gasteiger partial charge in [0.15, 0.2) is 11.5 Å². The van der Waals surface area contributed by atoms with Crippen molar-refractivity contribution in [2.75, 3.05) is 19.1 Å². The van der Waals surface area contributed by atoms with Crippen LogP contribution in [0.2, 0.25) is 0 Å². The van der Waals surface area contributed by atoms with Gasteiger partial charge in [0.05, 0.1) is 26.0 Å². The van der Waals surface area contributed by atoms with Crippen LogP contribution in [0.5, 0.6) is 11.5 Å². The summed E-state index contributed by atoms with van der Waals surface area (Å²) in [4.78, 5) is 28.4. The van der Waals surface area contributed by atoms with Crippen molar-refractivity contribution in [3.8, 4) is 11.5 Å². The van der Waals surface area contributed by atoms with Crippen LogP contribution in [0.1, 0.15) is 46.1 Å². The minimum atomic E-state index is -0.898. The number of hydrogen-bond donors (Lipinski definition) is 1. The molecule has 1 amide bonds. The first-order valence-corrected chi connectivity index (χ1v) is 15.1. The zero-order valence-corrected chi connectivity index (χ0v) is 25.9. The molecule has 0 saturated carbocycles. The molecule has 4 aromatic rings. The third-order valence-electron chi connectivity index (χ3n) is 7.49. The molecule has 1 aliphatic heterocycles. The Labute approximate surface area is 262 Å². The molecule has 2 atom stereocenters. The Balaban J connectivity index is 1.57. The second kappa shape index (κ2) is 13.4. The highest BCUT2D eigenvalue weighted by Gasteiger charge is 2.45. The fourth-order valence-electron chi connectivity index (χ4n) is 5.14. The van der Waals surface area contributed by atoms with Crippen molar-refractivity contribution in [2.24, 2.45) is 0 Å². The van der Waals surface area contributed by atoms with Gasteiger partial charge in [-0.1, -0.05) is 60.7 Å². The van der Waals surface area contributed by atoms with E-state index in [-0.39, 0.29) is 17.7 Å². The number of hydrogen-bond acceptors (Lipinski definition) is 7. The quantitative estimate of drug-likeness (QED) is 0.160. The number of fused-ring (bicyclic) bond motifs is 1. The fraction of sp³-hybridized carbons (Fsp3) is 0.222. The molecule has 0 saturated heterocycles. The van der Waals surface area contributed by atoms with Gasteiger partial charge in [-0.15, -0.1) is 11.8 Å². The van der Waals surface area contributed by atoms with E-state index in [1.807, 2.05) is 98.8 Å². The van der Waals surface area contributed by atoms with Gasteiger partial charge in [0.25, 0.3) is 5.91 Å². The lowest BCUT2D eigenvalue weighted by atomic mass is 9.89. The van der Waals surface area contributed by atoms with Crippen molar-refractivity contribution in [2.45, 2.75) is 42.2 Å². The maximum Gasteiger partial charge on any atom is 0.330 e. The molecule has 8 heteroatoms. The summed E-state index contributed by atoms with van der Waals surface area (Å²) in [5, 5.41) is 11.1. The number of nitrogens with zero attached hydrogens (tertiary/aromatic N) is 1. The highest BCUT2D eigenvalue weighted by molar-refractivity contribution is 7.99. The number of rotatable bonds is 9. The van der Waals surface area contributed by atoms with E-state index in [0.29, 0.717) is 22.7 Å². The lowest BCUT2D eigenvalue weighted by molar-refractivity contribution is -0.134. The molecular formula is C36H35NO6S. The molecule has 1 aliphatic rings. The van der Waals surface area contributed by atoms with E-state index in [2.05, 4.69) is 0 Å². The predicted octanol–water partition coefficient (Wildman–Crippen LogP) is 7.09. The molecule has 0 bridgehead atoms. The van der Waals surface area contributed by atoms with Crippen LogP contribution in [0.3, 0.4) is 0 Å². The zero-order valence-electron chi connectivity index (χ0n) is 25.1. The lowest BCUT2D eigenvalue weighted by Crippen LogP contribution is -2.48. The summed E-state index contributed by atoms with van der Waals surface area (Å²) in [5.74, 6) is 0.390. The van der Waals surface area contributed by atoms with E-state index in [0.717, 1.165) is 21.6 Å². The number of aliphatic hydroxyl groups is 1. The van der Waals surface area contributed by atoms with Crippen LogP contribution in [0.25, 0.3) is 6.08 Å². The number of ether oxygens (including phenoxy) is 3. The number of methoxy groups -OCH3 is 2. The molecule has 0 fully saturated rings. The Bertz CT molecular complexity index is 1650. The van der Waals surface area contributed by atoms with E-state index in [1.54, 1.807) is 42.0 Å². The Morgan fingerprint density at radius 2 is 1.66 bits per heavy atom. The lowest BCUT2D eigenvalue weighted by Gasteiger charge is -2.42. The molecule has 0 radical (unpaired) electrons. The van der Waals surface area contributed by atoms with Crippen molar-refractivity contribution >= 4 is 35.4 Å². The van der Waals surface area contributed by atoms with Gasteiger partial charge in [0, 0.05) is 33.3 Å². The van der Waals surface area contributed by atoms with Crippen LogP contribution in [-0.4, -0.2) is 42.9 Å². The van der Waals surface area contributed by atoms with Gasteiger partial charge < -0.3 is 24.2 Å². The molecule has 0 aliphatic carbocycles. The Hall–Kier alpha value is -4.53. The normalized spacial score (nSPS) is 16.9. The molecule has 5 rings (SSSR count). The summed E-state index contributed by atoms with van der Waals surface area (Å²) in [6.45, 7) is 3.91. The standard InChI is InChI=1S/C36H35NO6S/c1-36(2)34(39)33(44-28-16-9-6-10-17-28)29-20-19-26(31(42-4)32(29)43-36)23-37(35(40)25-13-7-5-8-14-25)27-15-11-12-24(22-27)18-21-30(38)41-3/h5-22,33-34,39H,23H2,1-4H3/b21-18+/t33-,34+/m1/s1. The first-order chi connectivity index (χ1) is 21.2. The summed E-state index contributed by atoms with van der Waals surface area (Å²) in [6, 6.07) is 30.3. The molecule has 4 aromatic carbocycles. The van der Waals surface area contributed by atoms with E-state index >= 15 is 0 Å². The number of carbonyl (C=O) groups excluding carboxylic acids is 2. The average molecular weight is 610 g/mol. The molecule has 0 aromatic heterocycles. The van der Waals surface area contributed by atoms with Crippen molar-refractivity contribution in [3.05, 3.63) is 125 Å². The minimum Gasteiger partial charge on any atom is -0.492 e. The van der Waals surface area contributed by atoms with Crippen molar-refractivity contribution in [1.82, 2.24) is 0 Å². The van der Waals surface area contributed by atoms with Crippen LogP contribution in [0, 0.1) is 0 Å². The van der Waals surface area contributed by atoms with Crippen molar-refractivity contribution in [1.29, 1.82) is 0 Å². The number of esters is 1. The molecule has 226 valence electrons. The van der Waals surface area contributed by atoms with Crippen molar-refractivity contribution in [3.63, 3.8) is 0 Å². The second-order valence-electron chi connectivity index (χ2n) is 10.9. The highest BCUT2D eigenvalue weighted by atomic mass is 32.2. The monoisotopic (exact) mass is 609 g/mol. The maximum atomic E-state index is 14.0. The van der Waals surface area contributed by atoms with Gasteiger partial charge in [-0.3, -0.25) is 4.79 Å². The Kier molecular flexibility index (Phi) is 9.42. The number of aliphatic hydroxyl groups excluding tert-OH is 1. The fourth-order valence-corrected chi connectivity index (χ4v) is 6.52. The zero-order chi connectivity index (χ0) is 31.3. The molecule has 0 unspecified atom stereocenters. The van der Waals surface area contributed by atoms with Gasteiger partial charge in [0.2, 0.25) is 0 Å². The molecule has 0 spiro atoms. The Morgan fingerprint density at radius 3 is 2.34 bits per heavy atom. The summed E-state index contributed by atoms with van der Waals surface area (Å²) < 4.78 is 17.1. The molecule has 1 heterocycles. The van der Waals surface area contributed by atoms with E-state index in [1.165, 1.54) is 13.2 Å². The number of thioether (sulfide) groups is 1. The summed E-state index contributed by atoms with van der Waals surface area (Å²) in [6.07, 6.45) is 2.20. The van der Waals surface area contributed by atoms with Gasteiger partial charge in [0.1, 0.15) is 11.7 Å². The smallest absolute Gasteiger partial charge is 0.330 e. The number of anilines is 1. The molecule has 44 heavy (non-hydrogen) atoms. The molecule has 7 nitrogen and oxygen atoms in total. The van der Waals surface area contributed by atoms with Gasteiger partial charge in [-0.2, -0.15) is 0 Å². The molecule has 1 N–H and O–H groups in total. The first kappa shape index (κ1) is 30.9. The van der Waals surface area contributed by atoms with Gasteiger partial charge >= 0.3 is 5.97 Å². The SMILES string of the molecule is COC(=O)/C=C/c1cccc(N(Cc2ccc3c(c2OC)OC(C)(C)[C@@H](O)[C@@H]3Sc2ccccc2)C(=O)c2ccccc2)c1. The second-order valence-corrected chi connectivity index (χ2v) is 12.1. The van der Waals surface area contributed by atoms with Gasteiger partial charge in [-0.05, 0) is 61.9 Å². The summed E-state index contributed by atoms with van der Waals surface area (Å²) in [7, 11) is 2.91. The van der Waals surface area contributed by atoms with Crippen LogP contribution in [-0.2, 0) is 16.1 Å². The van der Waals surface area contributed by atoms with Crippen LogP contribution >= 0.6 is 11.8 Å². The average Bonchev–Trinajstić information content (AvgIpc) is 3.05. The Morgan fingerprint density at radius 1 is 0.955 bits per heavy atom. The third-order valence-corrected chi connectivity index (χ3v) is 8.80. The topological polar surface area (TPSA) is 85.3 Å². The third kappa shape index (κ3) is 6.67. The largest absolute Gasteiger partial charge is 0.492 e. The predicted molar refractivity (Wildman–Crippen MR) is 173 cm³/mol. The number of amides is 1. The summed E-state index contributed by atoms with van der Waals surface area (Å²) >= 11 is 1.58. The van der Waals surface area contributed by atoms with Crippen molar-refractivity contribution < 1.29 is 28.9 Å². The van der Waals surface area contributed by atoms with Gasteiger partial charge in [-0.25, -0.2) is 4.79 Å². The first-order valence-electron chi connectivity index (χ1n) is 14.2. The summed E-state index contributed by atoms with van der Waals surface area (Å²) in [5.41, 5.74) is 2.56. The van der Waals surface area contributed by atoms with E-state index in [9.17, 15) is 14.7 Å². The number of carbonyl (C=O) groups is 2. The van der Waals surface area contributed by atoms with E-state index < -0.39 is 17.7 Å². The highest BCUT2D eigenvalue weighted by Crippen LogP contribution is 2.53. The maximum absolute atomic E-state index is 14.0. The molecular weight excluding hydrogens is 574 g/mol. The van der Waals surface area contributed by atoms with Crippen LogP contribution in [0.15, 0.2) is 108 Å².